The molecule has 1 atom stereocenters. The summed E-state index contributed by atoms with van der Waals surface area (Å²) in [6.45, 7) is 0.646. The van der Waals surface area contributed by atoms with Crippen LogP contribution in [-0.4, -0.2) is 58.9 Å². The maximum atomic E-state index is 12.9. The van der Waals surface area contributed by atoms with E-state index < -0.39 is 35.8 Å². The van der Waals surface area contributed by atoms with Crippen LogP contribution < -0.4 is 15.4 Å². The van der Waals surface area contributed by atoms with E-state index in [0.29, 0.717) is 26.0 Å². The smallest absolute Gasteiger partial charge is 0.404 e. The third-order valence-electron chi connectivity index (χ3n) is 4.78. The number of carboxylic acid groups (broad SMARTS) is 1. The molecular formula is C19H21N3O7. The number of ether oxygens (including phenoxy) is 1. The van der Waals surface area contributed by atoms with Crippen molar-refractivity contribution in [3.05, 3.63) is 29.3 Å². The molecule has 10 nitrogen and oxygen atoms in total. The first-order valence-electron chi connectivity index (χ1n) is 9.34. The van der Waals surface area contributed by atoms with Gasteiger partial charge in [0.1, 0.15) is 11.8 Å². The quantitative estimate of drug-likeness (QED) is 0.432. The second-order valence-corrected chi connectivity index (χ2v) is 6.77. The number of benzene rings is 1. The van der Waals surface area contributed by atoms with Crippen LogP contribution in [0.4, 0.5) is 4.79 Å². The first-order valence-corrected chi connectivity index (χ1v) is 9.34. The molecule has 1 aromatic carbocycles. The number of hydrogen-bond donors (Lipinski definition) is 3. The minimum absolute atomic E-state index is 0.0594. The highest BCUT2D eigenvalue weighted by atomic mass is 16.5. The Bertz CT molecular complexity index is 867. The monoisotopic (exact) mass is 403 g/mol. The zero-order valence-corrected chi connectivity index (χ0v) is 15.6. The molecule has 0 aliphatic carbocycles. The summed E-state index contributed by atoms with van der Waals surface area (Å²) < 4.78 is 5.68. The highest BCUT2D eigenvalue weighted by molar-refractivity contribution is 6.24. The van der Waals surface area contributed by atoms with Crippen molar-refractivity contribution in [3.8, 4) is 5.75 Å². The molecule has 0 spiro atoms. The Morgan fingerprint density at radius 1 is 1.17 bits per heavy atom. The molecule has 0 bridgehead atoms. The lowest BCUT2D eigenvalue weighted by Crippen LogP contribution is -2.54. The van der Waals surface area contributed by atoms with Gasteiger partial charge in [-0.3, -0.25) is 29.4 Å². The number of piperidine rings is 1. The van der Waals surface area contributed by atoms with E-state index in [1.54, 1.807) is 12.1 Å². The van der Waals surface area contributed by atoms with Gasteiger partial charge in [-0.15, -0.1) is 0 Å². The molecule has 0 saturated carbocycles. The summed E-state index contributed by atoms with van der Waals surface area (Å²) in [6.07, 6.45) is 1.11. The van der Waals surface area contributed by atoms with Crippen LogP contribution in [0.1, 0.15) is 52.8 Å². The normalized spacial score (nSPS) is 18.5. The number of amides is 5. The molecular weight excluding hydrogens is 382 g/mol. The number of nitrogens with zero attached hydrogens (tertiary/aromatic N) is 1. The number of imide groups is 2. The van der Waals surface area contributed by atoms with E-state index in [1.165, 1.54) is 6.07 Å². The summed E-state index contributed by atoms with van der Waals surface area (Å²) in [6, 6.07) is 3.68. The molecule has 1 aromatic rings. The minimum Gasteiger partial charge on any atom is -0.493 e. The molecule has 5 amide bonds. The molecule has 3 rings (SSSR count). The molecule has 1 saturated heterocycles. The Morgan fingerprint density at radius 3 is 2.69 bits per heavy atom. The maximum Gasteiger partial charge on any atom is 0.404 e. The number of carbonyl (C=O) groups excluding carboxylic acids is 4. The number of carbonyl (C=O) groups is 5. The average molecular weight is 403 g/mol. The lowest BCUT2D eigenvalue weighted by Gasteiger charge is -2.27. The third kappa shape index (κ3) is 4.36. The van der Waals surface area contributed by atoms with E-state index >= 15 is 0 Å². The number of unbranched alkanes of at least 4 members (excludes halogenated alkanes) is 2. The van der Waals surface area contributed by atoms with Gasteiger partial charge in [0.05, 0.1) is 17.7 Å². The Kier molecular flexibility index (Phi) is 6.10. The van der Waals surface area contributed by atoms with E-state index in [-0.39, 0.29) is 29.7 Å². The van der Waals surface area contributed by atoms with E-state index in [0.717, 1.165) is 11.3 Å². The fraction of sp³-hybridized carbons (Fsp3) is 0.421. The number of fused-ring (bicyclic) bond motifs is 1. The van der Waals surface area contributed by atoms with Gasteiger partial charge in [0.25, 0.3) is 11.8 Å². The molecule has 154 valence electrons. The van der Waals surface area contributed by atoms with Crippen LogP contribution in [0.3, 0.4) is 0 Å². The van der Waals surface area contributed by atoms with Crippen molar-refractivity contribution in [1.82, 2.24) is 15.5 Å². The van der Waals surface area contributed by atoms with Crippen LogP contribution in [0.5, 0.6) is 5.75 Å². The first-order chi connectivity index (χ1) is 13.9. The molecule has 29 heavy (non-hydrogen) atoms. The first kappa shape index (κ1) is 20.3. The summed E-state index contributed by atoms with van der Waals surface area (Å²) in [5.74, 6) is -2.01. The predicted octanol–water partition coefficient (Wildman–Crippen LogP) is 0.905. The second kappa shape index (κ2) is 8.72. The van der Waals surface area contributed by atoms with Gasteiger partial charge in [-0.25, -0.2) is 4.79 Å². The zero-order valence-electron chi connectivity index (χ0n) is 15.6. The van der Waals surface area contributed by atoms with Gasteiger partial charge in [0.15, 0.2) is 0 Å². The van der Waals surface area contributed by atoms with Crippen molar-refractivity contribution in [3.63, 3.8) is 0 Å². The SMILES string of the molecule is O=C(O)NCCCCCOc1cccc2c1C(=O)N(C1CCC(=O)NC1=O)C2=O. The largest absolute Gasteiger partial charge is 0.493 e. The fourth-order valence-corrected chi connectivity index (χ4v) is 3.39. The van der Waals surface area contributed by atoms with E-state index in [4.69, 9.17) is 9.84 Å². The van der Waals surface area contributed by atoms with Gasteiger partial charge in [-0.1, -0.05) is 6.07 Å². The maximum absolute atomic E-state index is 12.9. The summed E-state index contributed by atoms with van der Waals surface area (Å²) in [5, 5.41) is 12.9. The Balaban J connectivity index is 1.63. The lowest BCUT2D eigenvalue weighted by atomic mass is 10.0. The molecule has 1 unspecified atom stereocenters. The van der Waals surface area contributed by atoms with Crippen LogP contribution in [-0.2, 0) is 9.59 Å². The van der Waals surface area contributed by atoms with Gasteiger partial charge in [0.2, 0.25) is 11.8 Å². The van der Waals surface area contributed by atoms with Gasteiger partial charge < -0.3 is 15.2 Å². The second-order valence-electron chi connectivity index (χ2n) is 6.77. The van der Waals surface area contributed by atoms with E-state index in [2.05, 4.69) is 10.6 Å². The molecule has 1 fully saturated rings. The molecule has 2 aliphatic heterocycles. The van der Waals surface area contributed by atoms with Crippen molar-refractivity contribution < 1.29 is 33.8 Å². The van der Waals surface area contributed by atoms with Crippen LogP contribution in [0.2, 0.25) is 0 Å². The molecule has 3 N–H and O–H groups in total. The molecule has 2 aliphatic rings. The number of nitrogens with one attached hydrogen (secondary N) is 2. The zero-order chi connectivity index (χ0) is 21.0. The summed E-state index contributed by atoms with van der Waals surface area (Å²) >= 11 is 0. The van der Waals surface area contributed by atoms with Gasteiger partial charge in [-0.05, 0) is 37.8 Å². The van der Waals surface area contributed by atoms with Gasteiger partial charge in [0, 0.05) is 13.0 Å². The lowest BCUT2D eigenvalue weighted by molar-refractivity contribution is -0.136. The van der Waals surface area contributed by atoms with Crippen molar-refractivity contribution >= 4 is 29.7 Å². The van der Waals surface area contributed by atoms with Gasteiger partial charge >= 0.3 is 6.09 Å². The van der Waals surface area contributed by atoms with E-state index in [9.17, 15) is 24.0 Å². The van der Waals surface area contributed by atoms with Gasteiger partial charge in [-0.2, -0.15) is 0 Å². The molecule has 2 heterocycles. The van der Waals surface area contributed by atoms with Crippen LogP contribution in [0.15, 0.2) is 18.2 Å². The van der Waals surface area contributed by atoms with Crippen molar-refractivity contribution in [2.45, 2.75) is 38.1 Å². The average Bonchev–Trinajstić information content (AvgIpc) is 2.92. The minimum atomic E-state index is -1.06. The van der Waals surface area contributed by atoms with Crippen LogP contribution >= 0.6 is 0 Å². The molecule has 10 heteroatoms. The Hall–Kier alpha value is -3.43. The Morgan fingerprint density at radius 2 is 1.97 bits per heavy atom. The molecule has 0 radical (unpaired) electrons. The summed E-state index contributed by atoms with van der Waals surface area (Å²) in [7, 11) is 0. The third-order valence-corrected chi connectivity index (χ3v) is 4.78. The standard InChI is InChI=1S/C19H21N3O7/c23-14-8-7-12(16(24)21-14)22-17(25)11-5-4-6-13(15(11)18(22)26)29-10-3-1-2-9-20-19(27)28/h4-6,12,20H,1-3,7-10H2,(H,27,28)(H,21,23,24). The highest BCUT2D eigenvalue weighted by Crippen LogP contribution is 2.33. The van der Waals surface area contributed by atoms with Crippen molar-refractivity contribution in [2.24, 2.45) is 0 Å². The summed E-state index contributed by atoms with van der Waals surface area (Å²) in [4.78, 5) is 60.3. The highest BCUT2D eigenvalue weighted by Gasteiger charge is 2.45. The van der Waals surface area contributed by atoms with Crippen LogP contribution in [0.25, 0.3) is 0 Å². The number of rotatable bonds is 8. The predicted molar refractivity (Wildman–Crippen MR) is 98.5 cm³/mol. The Labute approximate surface area is 166 Å². The summed E-state index contributed by atoms with van der Waals surface area (Å²) in [5.41, 5.74) is 0.289. The number of hydrogen-bond acceptors (Lipinski definition) is 6. The topological polar surface area (TPSA) is 142 Å². The molecule has 0 aromatic heterocycles. The van der Waals surface area contributed by atoms with Crippen molar-refractivity contribution in [2.75, 3.05) is 13.2 Å². The fourth-order valence-electron chi connectivity index (χ4n) is 3.39. The van der Waals surface area contributed by atoms with E-state index in [1.807, 2.05) is 0 Å². The van der Waals surface area contributed by atoms with Crippen molar-refractivity contribution in [1.29, 1.82) is 0 Å². The van der Waals surface area contributed by atoms with Crippen LogP contribution in [0, 0.1) is 0 Å².